The van der Waals surface area contributed by atoms with Gasteiger partial charge >= 0.3 is 0 Å². The van der Waals surface area contributed by atoms with Gasteiger partial charge in [-0.05, 0) is 37.1 Å². The highest BCUT2D eigenvalue weighted by Crippen LogP contribution is 2.18. The summed E-state index contributed by atoms with van der Waals surface area (Å²) in [6, 6.07) is 12.5. The summed E-state index contributed by atoms with van der Waals surface area (Å²) in [6.07, 6.45) is 3.65. The van der Waals surface area contributed by atoms with Crippen LogP contribution in [0.4, 0.5) is 0 Å². The lowest BCUT2D eigenvalue weighted by Gasteiger charge is -2.08. The molecule has 0 saturated heterocycles. The number of imidazole rings is 1. The summed E-state index contributed by atoms with van der Waals surface area (Å²) in [5, 5.41) is 0. The molecule has 2 aromatic heterocycles. The fraction of sp³-hybridized carbons (Fsp3) is 0.294. The number of aromatic nitrogens is 3. The van der Waals surface area contributed by atoms with Crippen LogP contribution in [0.2, 0.25) is 0 Å². The van der Waals surface area contributed by atoms with Gasteiger partial charge in [0.25, 0.3) is 0 Å². The van der Waals surface area contributed by atoms with Crippen molar-refractivity contribution >= 4 is 11.2 Å². The van der Waals surface area contributed by atoms with Crippen molar-refractivity contribution < 1.29 is 0 Å². The van der Waals surface area contributed by atoms with Crippen LogP contribution in [-0.4, -0.2) is 21.1 Å². The third-order valence-corrected chi connectivity index (χ3v) is 3.59. The molecule has 108 valence electrons. The van der Waals surface area contributed by atoms with Crippen LogP contribution in [0, 0.1) is 6.92 Å². The molecule has 0 saturated carbocycles. The summed E-state index contributed by atoms with van der Waals surface area (Å²) < 4.78 is 2.20. The molecule has 0 aliphatic carbocycles. The normalized spacial score (nSPS) is 11.1. The van der Waals surface area contributed by atoms with E-state index in [-0.39, 0.29) is 0 Å². The second-order valence-corrected chi connectivity index (χ2v) is 5.34. The van der Waals surface area contributed by atoms with Crippen molar-refractivity contribution in [3.05, 3.63) is 59.5 Å². The smallest absolute Gasteiger partial charge is 0.160 e. The number of aryl methyl sites for hydroxylation is 2. The van der Waals surface area contributed by atoms with E-state index in [0.29, 0.717) is 6.54 Å². The van der Waals surface area contributed by atoms with Crippen molar-refractivity contribution in [3.8, 4) is 0 Å². The Morgan fingerprint density at radius 2 is 2.00 bits per heavy atom. The van der Waals surface area contributed by atoms with Crippen molar-refractivity contribution in [1.29, 1.82) is 0 Å². The van der Waals surface area contributed by atoms with Gasteiger partial charge in [0.05, 0.1) is 0 Å². The van der Waals surface area contributed by atoms with E-state index in [9.17, 15) is 0 Å². The zero-order valence-corrected chi connectivity index (χ0v) is 12.3. The van der Waals surface area contributed by atoms with E-state index < -0.39 is 0 Å². The van der Waals surface area contributed by atoms with Gasteiger partial charge in [0, 0.05) is 19.2 Å². The summed E-state index contributed by atoms with van der Waals surface area (Å²) >= 11 is 0. The minimum atomic E-state index is 0.677. The Balaban J connectivity index is 2.03. The average Bonchev–Trinajstić information content (AvgIpc) is 2.82. The van der Waals surface area contributed by atoms with E-state index in [2.05, 4.69) is 39.9 Å². The average molecular weight is 280 g/mol. The Morgan fingerprint density at radius 1 is 1.19 bits per heavy atom. The molecule has 0 aliphatic heterocycles. The van der Waals surface area contributed by atoms with Crippen LogP contribution in [0.25, 0.3) is 11.2 Å². The van der Waals surface area contributed by atoms with Gasteiger partial charge in [-0.15, -0.1) is 0 Å². The first kappa shape index (κ1) is 13.8. The van der Waals surface area contributed by atoms with Gasteiger partial charge < -0.3 is 10.3 Å². The maximum absolute atomic E-state index is 5.66. The number of pyridine rings is 1. The molecule has 2 N–H and O–H groups in total. The highest BCUT2D eigenvalue weighted by Gasteiger charge is 2.12. The molecule has 4 nitrogen and oxygen atoms in total. The SMILES string of the molecule is Cc1cnc2c(c1)nc(Cc1ccccc1)n2CCCN. The van der Waals surface area contributed by atoms with Gasteiger partial charge in [-0.2, -0.15) is 0 Å². The van der Waals surface area contributed by atoms with E-state index >= 15 is 0 Å². The monoisotopic (exact) mass is 280 g/mol. The second-order valence-electron chi connectivity index (χ2n) is 5.34. The molecule has 0 spiro atoms. The molecule has 0 atom stereocenters. The Morgan fingerprint density at radius 3 is 2.76 bits per heavy atom. The lowest BCUT2D eigenvalue weighted by Crippen LogP contribution is -2.09. The van der Waals surface area contributed by atoms with Gasteiger partial charge in [0.2, 0.25) is 0 Å². The van der Waals surface area contributed by atoms with Crippen molar-refractivity contribution in [2.24, 2.45) is 5.73 Å². The fourth-order valence-electron chi connectivity index (χ4n) is 2.56. The lowest BCUT2D eigenvalue weighted by molar-refractivity contribution is 0.635. The van der Waals surface area contributed by atoms with Crippen LogP contribution in [0.5, 0.6) is 0 Å². The first-order valence-corrected chi connectivity index (χ1v) is 7.33. The quantitative estimate of drug-likeness (QED) is 0.781. The molecular formula is C17H20N4. The third-order valence-electron chi connectivity index (χ3n) is 3.59. The summed E-state index contributed by atoms with van der Waals surface area (Å²) in [5.41, 5.74) is 9.99. The number of hydrogen-bond acceptors (Lipinski definition) is 3. The molecule has 0 bridgehead atoms. The van der Waals surface area contributed by atoms with Gasteiger partial charge in [0.15, 0.2) is 5.65 Å². The Bertz CT molecular complexity index is 731. The Kier molecular flexibility index (Phi) is 3.97. The number of fused-ring (bicyclic) bond motifs is 1. The molecule has 3 aromatic rings. The molecule has 21 heavy (non-hydrogen) atoms. The second kappa shape index (κ2) is 6.06. The lowest BCUT2D eigenvalue weighted by atomic mass is 10.1. The summed E-state index contributed by atoms with van der Waals surface area (Å²) in [5.74, 6) is 1.06. The predicted molar refractivity (Wildman–Crippen MR) is 85.2 cm³/mol. The molecular weight excluding hydrogens is 260 g/mol. The predicted octanol–water partition coefficient (Wildman–Crippen LogP) is 2.68. The van der Waals surface area contributed by atoms with Crippen molar-refractivity contribution in [2.45, 2.75) is 26.3 Å². The number of rotatable bonds is 5. The zero-order valence-electron chi connectivity index (χ0n) is 12.3. The van der Waals surface area contributed by atoms with E-state index in [4.69, 9.17) is 10.7 Å². The van der Waals surface area contributed by atoms with Gasteiger partial charge in [-0.3, -0.25) is 0 Å². The van der Waals surface area contributed by atoms with Crippen LogP contribution in [-0.2, 0) is 13.0 Å². The van der Waals surface area contributed by atoms with Gasteiger partial charge in [0.1, 0.15) is 11.3 Å². The Labute approximate surface area is 124 Å². The minimum absolute atomic E-state index is 0.677. The molecule has 3 rings (SSSR count). The highest BCUT2D eigenvalue weighted by molar-refractivity contribution is 5.72. The van der Waals surface area contributed by atoms with E-state index in [1.807, 2.05) is 19.2 Å². The minimum Gasteiger partial charge on any atom is -0.330 e. The first-order chi connectivity index (χ1) is 10.3. The fourth-order valence-corrected chi connectivity index (χ4v) is 2.56. The number of benzene rings is 1. The van der Waals surface area contributed by atoms with Crippen LogP contribution >= 0.6 is 0 Å². The molecule has 0 aliphatic rings. The third kappa shape index (κ3) is 2.95. The summed E-state index contributed by atoms with van der Waals surface area (Å²) in [6.45, 7) is 3.59. The van der Waals surface area contributed by atoms with Crippen LogP contribution in [0.15, 0.2) is 42.6 Å². The van der Waals surface area contributed by atoms with Crippen LogP contribution in [0.1, 0.15) is 23.4 Å². The highest BCUT2D eigenvalue weighted by atomic mass is 15.1. The molecule has 0 amide bonds. The van der Waals surface area contributed by atoms with E-state index in [0.717, 1.165) is 41.9 Å². The number of nitrogens with zero attached hydrogens (tertiary/aromatic N) is 3. The Hall–Kier alpha value is -2.20. The zero-order chi connectivity index (χ0) is 14.7. The molecule has 4 heteroatoms. The van der Waals surface area contributed by atoms with Crippen molar-refractivity contribution in [3.63, 3.8) is 0 Å². The standard InChI is InChI=1S/C17H20N4/c1-13-10-15-17(19-12-13)21(9-5-8-18)16(20-15)11-14-6-3-2-4-7-14/h2-4,6-7,10,12H,5,8-9,11,18H2,1H3. The number of hydrogen-bond donors (Lipinski definition) is 1. The summed E-state index contributed by atoms with van der Waals surface area (Å²) in [7, 11) is 0. The molecule has 2 heterocycles. The largest absolute Gasteiger partial charge is 0.330 e. The maximum atomic E-state index is 5.66. The van der Waals surface area contributed by atoms with Gasteiger partial charge in [-0.1, -0.05) is 30.3 Å². The number of nitrogens with two attached hydrogens (primary N) is 1. The van der Waals surface area contributed by atoms with Crippen molar-refractivity contribution in [1.82, 2.24) is 14.5 Å². The molecule has 0 unspecified atom stereocenters. The first-order valence-electron chi connectivity index (χ1n) is 7.33. The maximum Gasteiger partial charge on any atom is 0.160 e. The van der Waals surface area contributed by atoms with Gasteiger partial charge in [-0.25, -0.2) is 9.97 Å². The van der Waals surface area contributed by atoms with E-state index in [1.165, 1.54) is 5.56 Å². The van der Waals surface area contributed by atoms with Crippen LogP contribution < -0.4 is 5.73 Å². The van der Waals surface area contributed by atoms with Crippen LogP contribution in [0.3, 0.4) is 0 Å². The van der Waals surface area contributed by atoms with Crippen molar-refractivity contribution in [2.75, 3.05) is 6.54 Å². The van der Waals surface area contributed by atoms with E-state index in [1.54, 1.807) is 0 Å². The molecule has 1 aromatic carbocycles. The molecule has 0 fully saturated rings. The molecule has 0 radical (unpaired) electrons. The topological polar surface area (TPSA) is 56.7 Å². The summed E-state index contributed by atoms with van der Waals surface area (Å²) in [4.78, 5) is 9.34.